The van der Waals surface area contributed by atoms with Gasteiger partial charge < -0.3 is 0 Å². The molecule has 3 N–H and O–H groups in total. The third-order valence-corrected chi connectivity index (χ3v) is 0. The van der Waals surface area contributed by atoms with Gasteiger partial charge >= 0.3 is 30.5 Å². The smallest absolute Gasteiger partial charge is 0 e. The molecule has 0 rings (SSSR count). The molecule has 0 atom stereocenters. The van der Waals surface area contributed by atoms with E-state index >= 15 is 0 Å². The van der Waals surface area contributed by atoms with Gasteiger partial charge in [0.1, 0.15) is 0 Å². The monoisotopic (exact) mass is 275 g/mol. The summed E-state index contributed by atoms with van der Waals surface area (Å²) in [5.74, 6) is 0. The fourth-order valence-corrected chi connectivity index (χ4v) is 0. The minimum Gasteiger partial charge on any atom is 0 e. The van der Waals surface area contributed by atoms with Crippen molar-refractivity contribution in [3.63, 3.8) is 0 Å². The molecule has 0 spiro atoms. The molecule has 0 aromatic carbocycles. The third-order valence-electron chi connectivity index (χ3n) is 0. The Hall–Kier alpha value is 2.29. The van der Waals surface area contributed by atoms with Crippen molar-refractivity contribution in [1.29, 1.82) is 0 Å². The molecule has 1 radical (unpaired) electrons. The van der Waals surface area contributed by atoms with Gasteiger partial charge in [-0.25, -0.2) is 0 Å². The molecule has 6 heavy (non-hydrogen) atoms. The summed E-state index contributed by atoms with van der Waals surface area (Å²) in [6, 6.07) is 0. The quantitative estimate of drug-likeness (QED) is 0.425. The first kappa shape index (κ1) is 11.1. The van der Waals surface area contributed by atoms with E-state index in [1.165, 1.54) is 0 Å². The Balaban J connectivity index is 0. The van der Waals surface area contributed by atoms with E-state index in [1.54, 1.807) is 0 Å². The summed E-state index contributed by atoms with van der Waals surface area (Å²) in [5, 5.41) is 0. The molecule has 0 aliphatic rings. The van der Waals surface area contributed by atoms with Crippen molar-refractivity contribution in [3.05, 3.63) is 0 Å². The van der Waals surface area contributed by atoms with Crippen LogP contribution in [0.15, 0.2) is 0 Å². The van der Waals surface area contributed by atoms with Crippen molar-refractivity contribution in [3.8, 4) is 0 Å². The molecule has 0 amide bonds. The third kappa shape index (κ3) is 33.6. The van der Waals surface area contributed by atoms with Crippen LogP contribution in [-0.2, 0) is 3.74 Å². The molecular weight excluding hydrogens is 272 g/mol. The van der Waals surface area contributed by atoms with Crippen LogP contribution in [-0.4, -0.2) is 95.7 Å². The number of hydrogen-bond donors (Lipinski definition) is 3. The molecule has 0 aliphatic heterocycles. The SMILES string of the molecule is O=[As](O)(O)O.[Cs]. The van der Waals surface area contributed by atoms with Gasteiger partial charge in [0.2, 0.25) is 0 Å². The largest absolute Gasteiger partial charge is 0 e. The Morgan fingerprint density at radius 2 is 1.17 bits per heavy atom. The first-order valence-corrected chi connectivity index (χ1v) is 4.07. The minimum absolute atomic E-state index is 0. The van der Waals surface area contributed by atoms with E-state index in [2.05, 4.69) is 0 Å². The van der Waals surface area contributed by atoms with Crippen molar-refractivity contribution < 1.29 is 16.0 Å². The van der Waals surface area contributed by atoms with Gasteiger partial charge in [-0.3, -0.25) is 0 Å². The maximum atomic E-state index is 8.94. The van der Waals surface area contributed by atoms with Crippen LogP contribution in [0, 0.1) is 0 Å². The van der Waals surface area contributed by atoms with Crippen molar-refractivity contribution >= 4 is 83.4 Å². The topological polar surface area (TPSA) is 77.8 Å². The zero-order chi connectivity index (χ0) is 4.50. The summed E-state index contributed by atoms with van der Waals surface area (Å²) in [4.78, 5) is 0. The van der Waals surface area contributed by atoms with Gasteiger partial charge in [-0.2, -0.15) is 0 Å². The molecule has 0 aromatic rings. The van der Waals surface area contributed by atoms with E-state index < -0.39 is 14.5 Å². The second kappa shape index (κ2) is 4.20. The molecule has 0 aliphatic carbocycles. The molecule has 6 heteroatoms. The van der Waals surface area contributed by atoms with Crippen molar-refractivity contribution in [2.24, 2.45) is 0 Å². The van der Waals surface area contributed by atoms with Crippen molar-refractivity contribution in [2.45, 2.75) is 0 Å². The first-order valence-electron chi connectivity index (χ1n) is 0.783. The van der Waals surface area contributed by atoms with Crippen LogP contribution in [0.1, 0.15) is 0 Å². The Morgan fingerprint density at radius 1 is 1.17 bits per heavy atom. The van der Waals surface area contributed by atoms with E-state index in [0.717, 1.165) is 0 Å². The van der Waals surface area contributed by atoms with Gasteiger partial charge in [0.25, 0.3) is 0 Å². The number of hydrogen-bond acceptors (Lipinski definition) is 1. The molecule has 0 bridgehead atoms. The van der Waals surface area contributed by atoms with Crippen LogP contribution in [0.4, 0.5) is 0 Å². The summed E-state index contributed by atoms with van der Waals surface area (Å²) in [7, 11) is 0. The summed E-state index contributed by atoms with van der Waals surface area (Å²) < 4.78 is 30.7. The zero-order valence-corrected chi connectivity index (χ0v) is 11.4. The van der Waals surface area contributed by atoms with Gasteiger partial charge in [0.05, 0.1) is 0 Å². The fraction of sp³-hybridized carbons (Fsp3) is 0. The molecule has 0 saturated carbocycles. The van der Waals surface area contributed by atoms with Gasteiger partial charge in [-0.1, -0.05) is 0 Å². The standard InChI is InChI=1S/AsH3O4.Cs/c2-1(3,4)5;/h(H3,2,3,4,5);. The second-order valence-corrected chi connectivity index (χ2v) is 2.67. The van der Waals surface area contributed by atoms with Gasteiger partial charge in [0.15, 0.2) is 0 Å². The van der Waals surface area contributed by atoms with Gasteiger partial charge in [0, 0.05) is 68.9 Å². The predicted octanol–water partition coefficient (Wildman–Crippen LogP) is -2.55. The Morgan fingerprint density at radius 3 is 1.17 bits per heavy atom. The van der Waals surface area contributed by atoms with Crippen molar-refractivity contribution in [2.75, 3.05) is 0 Å². The van der Waals surface area contributed by atoms with Crippen LogP contribution in [0.5, 0.6) is 0 Å². The Kier molecular flexibility index (Phi) is 7.79. The van der Waals surface area contributed by atoms with E-state index in [0.29, 0.717) is 0 Å². The van der Waals surface area contributed by atoms with E-state index in [9.17, 15) is 0 Å². The molecule has 4 nitrogen and oxygen atoms in total. The van der Waals surface area contributed by atoms with E-state index in [1.807, 2.05) is 0 Å². The van der Waals surface area contributed by atoms with Gasteiger partial charge in [-0.05, 0) is 0 Å². The molecule has 0 aromatic heterocycles. The summed E-state index contributed by atoms with van der Waals surface area (Å²) >= 11 is -5.12. The van der Waals surface area contributed by atoms with Crippen LogP contribution >= 0.6 is 0 Å². The predicted molar refractivity (Wildman–Crippen MR) is 18.9 cm³/mol. The second-order valence-electron chi connectivity index (χ2n) is 0.513. The molecule has 0 heterocycles. The number of rotatable bonds is 0. The summed E-state index contributed by atoms with van der Waals surface area (Å²) in [5.41, 5.74) is 0. The molecule has 0 fully saturated rings. The summed E-state index contributed by atoms with van der Waals surface area (Å²) in [6.07, 6.45) is 0. The normalized spacial score (nSPS) is 9.83. The van der Waals surface area contributed by atoms with E-state index in [-0.39, 0.29) is 68.9 Å². The maximum Gasteiger partial charge on any atom is 0 e. The molecule has 0 saturated heterocycles. The van der Waals surface area contributed by atoms with Crippen LogP contribution in [0.3, 0.4) is 0 Å². The maximum absolute atomic E-state index is 8.94. The van der Waals surface area contributed by atoms with E-state index in [4.69, 9.17) is 16.0 Å². The van der Waals surface area contributed by atoms with Crippen molar-refractivity contribution in [1.82, 2.24) is 0 Å². The van der Waals surface area contributed by atoms with Crippen LogP contribution in [0.2, 0.25) is 0 Å². The summed E-state index contributed by atoms with van der Waals surface area (Å²) in [6.45, 7) is 0. The minimum atomic E-state index is -5.12. The van der Waals surface area contributed by atoms with Crippen LogP contribution in [0.25, 0.3) is 0 Å². The molecular formula is H3AsCsO4. The Labute approximate surface area is 96.7 Å². The van der Waals surface area contributed by atoms with Gasteiger partial charge in [-0.15, -0.1) is 0 Å². The first-order chi connectivity index (χ1) is 2.00. The fourth-order valence-electron chi connectivity index (χ4n) is 0. The average molecular weight is 275 g/mol. The molecule has 33 valence electrons. The zero-order valence-electron chi connectivity index (χ0n) is 3.20. The van der Waals surface area contributed by atoms with Crippen LogP contribution < -0.4 is 0 Å². The average Bonchev–Trinajstić information content (AvgIpc) is 0.722. The molecule has 0 unspecified atom stereocenters. The Bertz CT molecular complexity index is 53.7.